The number of ketones is 1. The Balaban J connectivity index is 3.93. The van der Waals surface area contributed by atoms with Crippen LogP contribution in [-0.2, 0) is 14.2 Å². The summed E-state index contributed by atoms with van der Waals surface area (Å²) in [5.74, 6) is -0.552. The maximum absolute atomic E-state index is 10.9. The van der Waals surface area contributed by atoms with Gasteiger partial charge in [0.2, 0.25) is 0 Å². The Morgan fingerprint density at radius 2 is 2.25 bits per heavy atom. The fourth-order valence-corrected chi connectivity index (χ4v) is 0.593. The summed E-state index contributed by atoms with van der Waals surface area (Å²) in [6.45, 7) is 1.13. The fraction of sp³-hybridized carbons (Fsp3) is 0.500. The number of rotatable bonds is 4. The van der Waals surface area contributed by atoms with E-state index in [2.05, 4.69) is 11.1 Å². The van der Waals surface area contributed by atoms with Crippen molar-refractivity contribution in [1.29, 1.82) is 0 Å². The molecule has 0 aliphatic carbocycles. The SMILES string of the molecule is CC(C(=O)O)C(=O)CNC#P=O. The second-order valence-corrected chi connectivity index (χ2v) is 2.49. The first-order chi connectivity index (χ1) is 5.59. The molecule has 6 heteroatoms. The summed E-state index contributed by atoms with van der Waals surface area (Å²) in [5.41, 5.74) is 0. The van der Waals surface area contributed by atoms with Crippen LogP contribution in [0.2, 0.25) is 0 Å². The number of carbonyl (C=O) groups is 2. The summed E-state index contributed by atoms with van der Waals surface area (Å²) in [6.07, 6.45) is 0. The van der Waals surface area contributed by atoms with Gasteiger partial charge in [0.25, 0.3) is 0 Å². The van der Waals surface area contributed by atoms with E-state index in [4.69, 9.17) is 5.11 Å². The van der Waals surface area contributed by atoms with Gasteiger partial charge in [-0.25, -0.2) is 0 Å². The van der Waals surface area contributed by atoms with Gasteiger partial charge in [-0.3, -0.25) is 0 Å². The summed E-state index contributed by atoms with van der Waals surface area (Å²) in [5, 5.41) is 10.7. The molecule has 0 spiro atoms. The van der Waals surface area contributed by atoms with Crippen LogP contribution in [0.1, 0.15) is 6.92 Å². The van der Waals surface area contributed by atoms with Crippen LogP contribution in [0.3, 0.4) is 0 Å². The number of Topliss-reactive ketones (excluding diaryl/α,β-unsaturated/α-hetero) is 1. The molecular formula is C6H8NO4P. The van der Waals surface area contributed by atoms with Gasteiger partial charge in [-0.1, -0.05) is 0 Å². The second kappa shape index (κ2) is 5.72. The Hall–Kier alpha value is -0.890. The van der Waals surface area contributed by atoms with E-state index in [1.807, 2.05) is 0 Å². The van der Waals surface area contributed by atoms with E-state index >= 15 is 0 Å². The van der Waals surface area contributed by atoms with Crippen LogP contribution in [0.25, 0.3) is 0 Å². The van der Waals surface area contributed by atoms with E-state index in [0.717, 1.165) is 0 Å². The molecule has 0 fully saturated rings. The third-order valence-electron chi connectivity index (χ3n) is 1.24. The molecule has 2 N–H and O–H groups in total. The molecule has 12 heavy (non-hydrogen) atoms. The molecule has 0 aromatic heterocycles. The van der Waals surface area contributed by atoms with Gasteiger partial charge < -0.3 is 0 Å². The van der Waals surface area contributed by atoms with E-state index in [1.54, 1.807) is 0 Å². The molecule has 66 valence electrons. The standard InChI is InChI=1S/C6H8NO4P/c1-4(6(9)10)5(8)2-7-3-12-11/h4,7H,2H2,1H3,(H,9,10). The minimum absolute atomic E-state index is 0.164. The zero-order valence-electron chi connectivity index (χ0n) is 6.40. The molecule has 0 aromatic rings. The third kappa shape index (κ3) is 4.09. The van der Waals surface area contributed by atoms with Crippen LogP contribution >= 0.6 is 7.92 Å². The van der Waals surface area contributed by atoms with Crippen molar-refractivity contribution in [1.82, 2.24) is 5.32 Å². The van der Waals surface area contributed by atoms with Gasteiger partial charge in [0, 0.05) is 0 Å². The first-order valence-corrected chi connectivity index (χ1v) is 3.96. The molecule has 0 aromatic carbocycles. The van der Waals surface area contributed by atoms with Crippen LogP contribution in [0.15, 0.2) is 0 Å². The first-order valence-electron chi connectivity index (χ1n) is 3.15. The molecule has 1 atom stereocenters. The number of carbonyl (C=O) groups excluding carboxylic acids is 1. The van der Waals surface area contributed by atoms with Crippen molar-refractivity contribution in [3.8, 4) is 5.75 Å². The molecule has 0 radical (unpaired) electrons. The average Bonchev–Trinajstić information content (AvgIpc) is 2.03. The monoisotopic (exact) mass is 189 g/mol. The number of nitrogens with one attached hydrogen (secondary N) is 1. The molecular weight excluding hydrogens is 181 g/mol. The van der Waals surface area contributed by atoms with Gasteiger partial charge in [0.15, 0.2) is 0 Å². The van der Waals surface area contributed by atoms with Crippen LogP contribution < -0.4 is 5.32 Å². The predicted molar refractivity (Wildman–Crippen MR) is 41.3 cm³/mol. The normalized spacial score (nSPS) is 11.4. The first kappa shape index (κ1) is 11.1. The molecule has 0 bridgehead atoms. The van der Waals surface area contributed by atoms with Crippen LogP contribution in [0.5, 0.6) is 0 Å². The molecule has 1 unspecified atom stereocenters. The van der Waals surface area contributed by atoms with Gasteiger partial charge in [0.1, 0.15) is 0 Å². The van der Waals surface area contributed by atoms with E-state index in [9.17, 15) is 14.2 Å². The molecule has 5 nitrogen and oxygen atoms in total. The summed E-state index contributed by atoms with van der Waals surface area (Å²) < 4.78 is 9.79. The van der Waals surface area contributed by atoms with Crippen molar-refractivity contribution < 1.29 is 19.3 Å². The van der Waals surface area contributed by atoms with E-state index in [-0.39, 0.29) is 14.5 Å². The number of aliphatic carboxylic acids is 1. The third-order valence-corrected chi connectivity index (χ3v) is 1.49. The Morgan fingerprint density at radius 3 is 2.67 bits per heavy atom. The number of hydrogen-bond acceptors (Lipinski definition) is 4. The summed E-state index contributed by atoms with van der Waals surface area (Å²) in [6, 6.07) is 0. The molecule has 0 rings (SSSR count). The summed E-state index contributed by atoms with van der Waals surface area (Å²) in [7, 11) is -0.356. The molecule has 0 saturated heterocycles. The fourth-order valence-electron chi connectivity index (χ4n) is 0.450. The predicted octanol–water partition coefficient (Wildman–Crippen LogP) is 0.0742. The van der Waals surface area contributed by atoms with Crippen LogP contribution in [-0.4, -0.2) is 23.4 Å². The van der Waals surface area contributed by atoms with Crippen molar-refractivity contribution in [2.75, 3.05) is 6.54 Å². The maximum atomic E-state index is 10.9. The van der Waals surface area contributed by atoms with E-state index in [0.29, 0.717) is 0 Å². The zero-order chi connectivity index (χ0) is 9.56. The number of carboxylic acids is 1. The Bertz CT molecular complexity index is 281. The van der Waals surface area contributed by atoms with Crippen molar-refractivity contribution >= 4 is 19.7 Å². The minimum atomic E-state index is -1.17. The van der Waals surface area contributed by atoms with Gasteiger partial charge in [0.05, 0.1) is 0 Å². The van der Waals surface area contributed by atoms with Crippen LogP contribution in [0.4, 0.5) is 0 Å². The second-order valence-electron chi connectivity index (χ2n) is 2.08. The Morgan fingerprint density at radius 1 is 1.67 bits per heavy atom. The Kier molecular flexibility index (Phi) is 5.30. The number of hydrogen-bond donors (Lipinski definition) is 2. The van der Waals surface area contributed by atoms with E-state index < -0.39 is 17.7 Å². The Labute approximate surface area is 70.3 Å². The van der Waals surface area contributed by atoms with Gasteiger partial charge in [-0.05, 0) is 0 Å². The number of carboxylic acid groups (broad SMARTS) is 1. The van der Waals surface area contributed by atoms with Crippen LogP contribution in [0, 0.1) is 11.7 Å². The molecule has 0 amide bonds. The topological polar surface area (TPSA) is 83.5 Å². The molecule has 0 saturated carbocycles. The van der Waals surface area contributed by atoms with Crippen molar-refractivity contribution in [2.45, 2.75) is 6.92 Å². The van der Waals surface area contributed by atoms with Crippen molar-refractivity contribution in [3.05, 3.63) is 0 Å². The quantitative estimate of drug-likeness (QED) is 0.371. The summed E-state index contributed by atoms with van der Waals surface area (Å²) >= 11 is 0. The average molecular weight is 189 g/mol. The molecule has 0 aliphatic heterocycles. The van der Waals surface area contributed by atoms with Gasteiger partial charge in [-0.2, -0.15) is 0 Å². The summed E-state index contributed by atoms with van der Waals surface area (Å²) in [4.78, 5) is 21.1. The zero-order valence-corrected chi connectivity index (χ0v) is 7.30. The molecule has 0 aliphatic rings. The van der Waals surface area contributed by atoms with E-state index in [1.165, 1.54) is 6.92 Å². The van der Waals surface area contributed by atoms with Gasteiger partial charge in [-0.15, -0.1) is 0 Å². The van der Waals surface area contributed by atoms with Crippen molar-refractivity contribution in [3.63, 3.8) is 0 Å². The molecule has 0 heterocycles. The van der Waals surface area contributed by atoms with Gasteiger partial charge >= 0.3 is 69.4 Å². The van der Waals surface area contributed by atoms with Crippen molar-refractivity contribution in [2.24, 2.45) is 5.92 Å².